The van der Waals surface area contributed by atoms with Gasteiger partial charge in [-0.3, -0.25) is 4.90 Å². The van der Waals surface area contributed by atoms with Crippen LogP contribution in [0.2, 0.25) is 0 Å². The number of ether oxygens (including phenoxy) is 1. The predicted molar refractivity (Wildman–Crippen MR) is 56.0 cm³/mol. The largest absolute Gasteiger partial charge is 0.372 e. The smallest absolute Gasteiger partial charge is 0.0936 e. The van der Waals surface area contributed by atoms with E-state index in [1.807, 2.05) is 0 Å². The normalized spacial score (nSPS) is 23.8. The van der Waals surface area contributed by atoms with Gasteiger partial charge in [0.15, 0.2) is 0 Å². The van der Waals surface area contributed by atoms with Gasteiger partial charge in [-0.15, -0.1) is 0 Å². The van der Waals surface area contributed by atoms with Gasteiger partial charge in [0.25, 0.3) is 0 Å². The van der Waals surface area contributed by atoms with E-state index in [1.54, 1.807) is 0 Å². The highest BCUT2D eigenvalue weighted by Crippen LogP contribution is 2.27. The van der Waals surface area contributed by atoms with Gasteiger partial charge in [-0.1, -0.05) is 0 Å². The van der Waals surface area contributed by atoms with Crippen molar-refractivity contribution in [1.82, 2.24) is 4.90 Å². The van der Waals surface area contributed by atoms with Crippen molar-refractivity contribution >= 4 is 0 Å². The Morgan fingerprint density at radius 1 is 1.08 bits per heavy atom. The molecule has 1 aliphatic rings. The SMILES string of the molecule is CC(C)(C)N(CC1CO1)C(C)(C)C. The molecule has 0 radical (unpaired) electrons. The van der Waals surface area contributed by atoms with E-state index in [4.69, 9.17) is 4.74 Å². The lowest BCUT2D eigenvalue weighted by atomic mass is 9.96. The Balaban J connectivity index is 2.63. The van der Waals surface area contributed by atoms with E-state index < -0.39 is 0 Å². The van der Waals surface area contributed by atoms with Crippen LogP contribution in [0.5, 0.6) is 0 Å². The summed E-state index contributed by atoms with van der Waals surface area (Å²) in [5.74, 6) is 0. The number of hydrogen-bond donors (Lipinski definition) is 0. The van der Waals surface area contributed by atoms with Crippen LogP contribution < -0.4 is 0 Å². The molecular formula is C11H23NO. The first-order valence-electron chi connectivity index (χ1n) is 5.10. The third kappa shape index (κ3) is 3.28. The first-order valence-corrected chi connectivity index (χ1v) is 5.10. The van der Waals surface area contributed by atoms with Crippen LogP contribution in [-0.2, 0) is 4.74 Å². The highest BCUT2D eigenvalue weighted by molar-refractivity contribution is 4.90. The highest BCUT2D eigenvalue weighted by Gasteiger charge is 2.36. The van der Waals surface area contributed by atoms with E-state index in [0.717, 1.165) is 13.2 Å². The van der Waals surface area contributed by atoms with Crippen LogP contribution in [0.3, 0.4) is 0 Å². The van der Waals surface area contributed by atoms with Crippen molar-refractivity contribution in [3.05, 3.63) is 0 Å². The quantitative estimate of drug-likeness (QED) is 0.613. The Hall–Kier alpha value is -0.0800. The van der Waals surface area contributed by atoms with Gasteiger partial charge in [0.2, 0.25) is 0 Å². The average Bonchev–Trinajstić information content (AvgIpc) is 2.58. The van der Waals surface area contributed by atoms with Gasteiger partial charge < -0.3 is 4.74 Å². The van der Waals surface area contributed by atoms with E-state index in [0.29, 0.717) is 6.10 Å². The molecule has 2 heteroatoms. The molecule has 1 aliphatic heterocycles. The van der Waals surface area contributed by atoms with Crippen molar-refractivity contribution < 1.29 is 4.74 Å². The van der Waals surface area contributed by atoms with E-state index >= 15 is 0 Å². The van der Waals surface area contributed by atoms with Crippen LogP contribution >= 0.6 is 0 Å². The summed E-state index contributed by atoms with van der Waals surface area (Å²) in [6, 6.07) is 0. The van der Waals surface area contributed by atoms with E-state index in [1.165, 1.54) is 0 Å². The zero-order valence-corrected chi connectivity index (χ0v) is 9.85. The van der Waals surface area contributed by atoms with Crippen LogP contribution in [0, 0.1) is 0 Å². The fourth-order valence-corrected chi connectivity index (χ4v) is 1.93. The van der Waals surface area contributed by atoms with Gasteiger partial charge in [0.05, 0.1) is 12.7 Å². The molecular weight excluding hydrogens is 162 g/mol. The summed E-state index contributed by atoms with van der Waals surface area (Å²) in [5, 5.41) is 0. The lowest BCUT2D eigenvalue weighted by molar-refractivity contribution is 0.0316. The molecule has 0 spiro atoms. The van der Waals surface area contributed by atoms with E-state index in [9.17, 15) is 0 Å². The van der Waals surface area contributed by atoms with Crippen LogP contribution in [0.25, 0.3) is 0 Å². The minimum atomic E-state index is 0.226. The Morgan fingerprint density at radius 3 is 1.69 bits per heavy atom. The van der Waals surface area contributed by atoms with Crippen molar-refractivity contribution in [1.29, 1.82) is 0 Å². The Morgan fingerprint density at radius 2 is 1.46 bits per heavy atom. The topological polar surface area (TPSA) is 15.8 Å². The number of hydrogen-bond acceptors (Lipinski definition) is 2. The van der Waals surface area contributed by atoms with Crippen molar-refractivity contribution in [3.63, 3.8) is 0 Å². The molecule has 2 nitrogen and oxygen atoms in total. The van der Waals surface area contributed by atoms with Gasteiger partial charge in [-0.25, -0.2) is 0 Å². The maximum absolute atomic E-state index is 5.29. The summed E-state index contributed by atoms with van der Waals surface area (Å²) < 4.78 is 5.29. The third-order valence-corrected chi connectivity index (χ3v) is 2.41. The standard InChI is InChI=1S/C11H23NO/c1-10(2,3)12(11(4,5)6)7-9-8-13-9/h9H,7-8H2,1-6H3. The Kier molecular flexibility index (Phi) is 2.75. The van der Waals surface area contributed by atoms with Gasteiger partial charge in [-0.2, -0.15) is 0 Å². The molecule has 0 aliphatic carbocycles. The van der Waals surface area contributed by atoms with Crippen LogP contribution in [0.4, 0.5) is 0 Å². The van der Waals surface area contributed by atoms with Gasteiger partial charge in [0, 0.05) is 17.6 Å². The Labute approximate surface area is 82.3 Å². The van der Waals surface area contributed by atoms with Gasteiger partial charge in [0.1, 0.15) is 0 Å². The van der Waals surface area contributed by atoms with Crippen LogP contribution in [0.15, 0.2) is 0 Å². The Bertz CT molecular complexity index is 158. The van der Waals surface area contributed by atoms with Crippen molar-refractivity contribution in [3.8, 4) is 0 Å². The van der Waals surface area contributed by atoms with E-state index in [-0.39, 0.29) is 11.1 Å². The second kappa shape index (κ2) is 3.25. The van der Waals surface area contributed by atoms with E-state index in [2.05, 4.69) is 46.4 Å². The average molecular weight is 185 g/mol. The molecule has 0 saturated carbocycles. The molecule has 1 saturated heterocycles. The maximum atomic E-state index is 5.29. The predicted octanol–water partition coefficient (Wildman–Crippen LogP) is 2.28. The summed E-state index contributed by atoms with van der Waals surface area (Å²) in [5.41, 5.74) is 0.453. The zero-order chi connectivity index (χ0) is 10.3. The molecule has 1 atom stereocenters. The lowest BCUT2D eigenvalue weighted by Gasteiger charge is -2.45. The molecule has 13 heavy (non-hydrogen) atoms. The summed E-state index contributed by atoms with van der Waals surface area (Å²) in [6.45, 7) is 15.6. The number of nitrogens with zero attached hydrogens (tertiary/aromatic N) is 1. The monoisotopic (exact) mass is 185 g/mol. The minimum Gasteiger partial charge on any atom is -0.372 e. The number of rotatable bonds is 2. The van der Waals surface area contributed by atoms with Crippen LogP contribution in [-0.4, -0.2) is 35.2 Å². The van der Waals surface area contributed by atoms with Gasteiger partial charge in [-0.05, 0) is 41.5 Å². The van der Waals surface area contributed by atoms with Crippen molar-refractivity contribution in [2.24, 2.45) is 0 Å². The molecule has 1 unspecified atom stereocenters. The second-order valence-corrected chi connectivity index (χ2v) is 5.91. The third-order valence-electron chi connectivity index (χ3n) is 2.41. The molecule has 78 valence electrons. The molecule has 1 fully saturated rings. The maximum Gasteiger partial charge on any atom is 0.0936 e. The molecule has 0 aromatic rings. The molecule has 0 bridgehead atoms. The highest BCUT2D eigenvalue weighted by atomic mass is 16.6. The molecule has 0 aromatic carbocycles. The summed E-state index contributed by atoms with van der Waals surface area (Å²) in [6.07, 6.45) is 0.485. The first kappa shape index (κ1) is 11.0. The second-order valence-electron chi connectivity index (χ2n) is 5.91. The first-order chi connectivity index (χ1) is 5.71. The lowest BCUT2D eigenvalue weighted by Crippen LogP contribution is -2.54. The molecule has 1 rings (SSSR count). The molecule has 0 N–H and O–H groups in total. The molecule has 0 amide bonds. The molecule has 0 aromatic heterocycles. The minimum absolute atomic E-state index is 0.226. The fraction of sp³-hybridized carbons (Fsp3) is 1.00. The van der Waals surface area contributed by atoms with Crippen molar-refractivity contribution in [2.45, 2.75) is 58.7 Å². The van der Waals surface area contributed by atoms with Crippen molar-refractivity contribution in [2.75, 3.05) is 13.2 Å². The zero-order valence-electron chi connectivity index (χ0n) is 9.85. The van der Waals surface area contributed by atoms with Crippen LogP contribution in [0.1, 0.15) is 41.5 Å². The summed E-state index contributed by atoms with van der Waals surface area (Å²) in [7, 11) is 0. The summed E-state index contributed by atoms with van der Waals surface area (Å²) >= 11 is 0. The number of epoxide rings is 1. The molecule has 1 heterocycles. The fourth-order valence-electron chi connectivity index (χ4n) is 1.93. The van der Waals surface area contributed by atoms with Gasteiger partial charge >= 0.3 is 0 Å². The summed E-state index contributed by atoms with van der Waals surface area (Å²) in [4.78, 5) is 2.51.